The molecule has 4 rings (SSSR count). The lowest BCUT2D eigenvalue weighted by Crippen LogP contribution is -2.10. The molecule has 0 saturated heterocycles. The third kappa shape index (κ3) is 2.43. The summed E-state index contributed by atoms with van der Waals surface area (Å²) < 4.78 is 0. The molecule has 0 bridgehead atoms. The molecule has 110 valence electrons. The standard InChI is InChI=1S/C20H16Br2/c21-19-17-8-4-3-5-13(17)9-10-16-11-14-6-1-2-7-15(14)12-18(16)20(19)22/h1-8,11-12,19-20H,9-10H2. The van der Waals surface area contributed by atoms with Crippen LogP contribution in [0.25, 0.3) is 10.8 Å². The highest BCUT2D eigenvalue weighted by atomic mass is 79.9. The molecule has 1 aliphatic rings. The Morgan fingerprint density at radius 2 is 1.23 bits per heavy atom. The molecule has 0 amide bonds. The zero-order valence-electron chi connectivity index (χ0n) is 12.1. The summed E-state index contributed by atoms with van der Waals surface area (Å²) in [5, 5.41) is 2.65. The fraction of sp³-hybridized carbons (Fsp3) is 0.200. The number of halogens is 2. The quantitative estimate of drug-likeness (QED) is 0.367. The van der Waals surface area contributed by atoms with Crippen LogP contribution in [-0.2, 0) is 12.8 Å². The maximum absolute atomic E-state index is 3.95. The van der Waals surface area contributed by atoms with E-state index in [4.69, 9.17) is 0 Å². The lowest BCUT2D eigenvalue weighted by Gasteiger charge is -2.26. The first-order valence-corrected chi connectivity index (χ1v) is 9.44. The molecule has 0 heterocycles. The van der Waals surface area contributed by atoms with Gasteiger partial charge in [0.25, 0.3) is 0 Å². The number of benzene rings is 3. The number of fused-ring (bicyclic) bond motifs is 3. The van der Waals surface area contributed by atoms with Crippen molar-refractivity contribution in [3.8, 4) is 0 Å². The van der Waals surface area contributed by atoms with Crippen molar-refractivity contribution >= 4 is 42.6 Å². The van der Waals surface area contributed by atoms with E-state index in [0.29, 0.717) is 4.83 Å². The van der Waals surface area contributed by atoms with Crippen molar-refractivity contribution in [2.45, 2.75) is 22.5 Å². The fourth-order valence-corrected chi connectivity index (χ4v) is 4.84. The van der Waals surface area contributed by atoms with Crippen LogP contribution in [0.2, 0.25) is 0 Å². The number of aryl methyl sites for hydroxylation is 2. The first kappa shape index (κ1) is 14.5. The first-order valence-electron chi connectivity index (χ1n) is 7.61. The van der Waals surface area contributed by atoms with E-state index >= 15 is 0 Å². The van der Waals surface area contributed by atoms with Crippen molar-refractivity contribution in [2.24, 2.45) is 0 Å². The third-order valence-electron chi connectivity index (χ3n) is 4.58. The fourth-order valence-electron chi connectivity index (χ4n) is 3.39. The summed E-state index contributed by atoms with van der Waals surface area (Å²) in [6.07, 6.45) is 2.20. The highest BCUT2D eigenvalue weighted by Crippen LogP contribution is 2.46. The SMILES string of the molecule is BrC1c2ccccc2CCc2cc3ccccc3cc2C1Br. The van der Waals surface area contributed by atoms with E-state index in [1.54, 1.807) is 0 Å². The van der Waals surface area contributed by atoms with Crippen molar-refractivity contribution in [1.82, 2.24) is 0 Å². The topological polar surface area (TPSA) is 0 Å². The molecule has 3 aromatic carbocycles. The molecule has 2 unspecified atom stereocenters. The van der Waals surface area contributed by atoms with Gasteiger partial charge < -0.3 is 0 Å². The predicted octanol–water partition coefficient (Wildman–Crippen LogP) is 6.51. The Hall–Kier alpha value is -1.12. The molecule has 0 aromatic heterocycles. The van der Waals surface area contributed by atoms with Crippen LogP contribution in [0.4, 0.5) is 0 Å². The lowest BCUT2D eigenvalue weighted by molar-refractivity contribution is 0.831. The van der Waals surface area contributed by atoms with E-state index in [1.807, 2.05) is 0 Å². The van der Waals surface area contributed by atoms with Crippen molar-refractivity contribution in [3.05, 3.63) is 82.9 Å². The van der Waals surface area contributed by atoms with Gasteiger partial charge in [0, 0.05) is 0 Å². The average molecular weight is 416 g/mol. The normalized spacial score (nSPS) is 20.8. The Balaban J connectivity index is 1.89. The van der Waals surface area contributed by atoms with Gasteiger partial charge in [0.2, 0.25) is 0 Å². The van der Waals surface area contributed by atoms with Crippen LogP contribution in [0.1, 0.15) is 31.9 Å². The van der Waals surface area contributed by atoms with E-state index in [-0.39, 0.29) is 4.83 Å². The summed E-state index contributed by atoms with van der Waals surface area (Å²) in [5.41, 5.74) is 5.73. The lowest BCUT2D eigenvalue weighted by atomic mass is 9.87. The molecule has 0 nitrogen and oxygen atoms in total. The third-order valence-corrected chi connectivity index (χ3v) is 7.33. The Morgan fingerprint density at radius 1 is 0.636 bits per heavy atom. The molecule has 3 aromatic rings. The van der Waals surface area contributed by atoms with Gasteiger partial charge in [0.1, 0.15) is 0 Å². The van der Waals surface area contributed by atoms with Gasteiger partial charge in [0.05, 0.1) is 9.65 Å². The van der Waals surface area contributed by atoms with Gasteiger partial charge in [-0.2, -0.15) is 0 Å². The van der Waals surface area contributed by atoms with Gasteiger partial charge in [-0.1, -0.05) is 86.5 Å². The van der Waals surface area contributed by atoms with Gasteiger partial charge in [-0.15, -0.1) is 0 Å². The van der Waals surface area contributed by atoms with Gasteiger partial charge in [-0.05, 0) is 51.9 Å². The van der Waals surface area contributed by atoms with E-state index < -0.39 is 0 Å². The van der Waals surface area contributed by atoms with Crippen molar-refractivity contribution in [1.29, 1.82) is 0 Å². The number of hydrogen-bond donors (Lipinski definition) is 0. The second-order valence-corrected chi connectivity index (χ2v) is 7.87. The minimum atomic E-state index is 0.286. The van der Waals surface area contributed by atoms with Gasteiger partial charge in [0.15, 0.2) is 0 Å². The maximum Gasteiger partial charge on any atom is 0.0564 e. The smallest absolute Gasteiger partial charge is 0.0564 e. The van der Waals surface area contributed by atoms with Crippen LogP contribution in [0.3, 0.4) is 0 Å². The maximum atomic E-state index is 3.95. The summed E-state index contributed by atoms with van der Waals surface area (Å²) in [7, 11) is 0. The number of alkyl halides is 2. The molecule has 0 spiro atoms. The number of hydrogen-bond acceptors (Lipinski definition) is 0. The van der Waals surface area contributed by atoms with Crippen LogP contribution >= 0.6 is 31.9 Å². The molecule has 0 N–H and O–H groups in total. The summed E-state index contributed by atoms with van der Waals surface area (Å²) in [6.45, 7) is 0. The molecule has 0 radical (unpaired) electrons. The average Bonchev–Trinajstić information content (AvgIpc) is 2.57. The molecule has 2 heteroatoms. The highest BCUT2D eigenvalue weighted by molar-refractivity contribution is 9.12. The molecule has 22 heavy (non-hydrogen) atoms. The molecular formula is C20H16Br2. The van der Waals surface area contributed by atoms with E-state index in [0.717, 1.165) is 12.8 Å². The zero-order chi connectivity index (χ0) is 15.1. The minimum Gasteiger partial charge on any atom is -0.0823 e. The second-order valence-electron chi connectivity index (χ2n) is 5.90. The van der Waals surface area contributed by atoms with Crippen molar-refractivity contribution in [3.63, 3.8) is 0 Å². The van der Waals surface area contributed by atoms with Gasteiger partial charge in [-0.3, -0.25) is 0 Å². The first-order chi connectivity index (χ1) is 10.7. The summed E-state index contributed by atoms with van der Waals surface area (Å²) in [4.78, 5) is 0.581. The molecule has 0 saturated carbocycles. The van der Waals surface area contributed by atoms with Gasteiger partial charge in [-0.25, -0.2) is 0 Å². The Labute approximate surface area is 147 Å². The van der Waals surface area contributed by atoms with Crippen LogP contribution < -0.4 is 0 Å². The van der Waals surface area contributed by atoms with Crippen LogP contribution in [-0.4, -0.2) is 0 Å². The van der Waals surface area contributed by atoms with Crippen LogP contribution in [0.5, 0.6) is 0 Å². The highest BCUT2D eigenvalue weighted by Gasteiger charge is 2.26. The van der Waals surface area contributed by atoms with E-state index in [1.165, 1.54) is 33.0 Å². The Morgan fingerprint density at radius 3 is 2.05 bits per heavy atom. The Bertz CT molecular complexity index is 838. The zero-order valence-corrected chi connectivity index (χ0v) is 15.3. The molecule has 0 fully saturated rings. The van der Waals surface area contributed by atoms with Gasteiger partial charge >= 0.3 is 0 Å². The van der Waals surface area contributed by atoms with Crippen molar-refractivity contribution in [2.75, 3.05) is 0 Å². The van der Waals surface area contributed by atoms with E-state index in [2.05, 4.69) is 92.5 Å². The molecule has 1 aliphatic carbocycles. The molecule has 0 aliphatic heterocycles. The van der Waals surface area contributed by atoms with E-state index in [9.17, 15) is 0 Å². The largest absolute Gasteiger partial charge is 0.0823 e. The summed E-state index contributed by atoms with van der Waals surface area (Å²) in [5.74, 6) is 0. The monoisotopic (exact) mass is 414 g/mol. The summed E-state index contributed by atoms with van der Waals surface area (Å²) in [6, 6.07) is 22.1. The van der Waals surface area contributed by atoms with Crippen LogP contribution in [0, 0.1) is 0 Å². The summed E-state index contributed by atoms with van der Waals surface area (Å²) >= 11 is 7.87. The minimum absolute atomic E-state index is 0.286. The second kappa shape index (κ2) is 5.82. The number of rotatable bonds is 0. The van der Waals surface area contributed by atoms with Crippen LogP contribution in [0.15, 0.2) is 60.7 Å². The molecule has 2 atom stereocenters. The Kier molecular flexibility index (Phi) is 3.83. The predicted molar refractivity (Wildman–Crippen MR) is 101 cm³/mol. The molecular weight excluding hydrogens is 400 g/mol. The van der Waals surface area contributed by atoms with Crippen molar-refractivity contribution < 1.29 is 0 Å².